The van der Waals surface area contributed by atoms with Gasteiger partial charge in [0.15, 0.2) is 5.82 Å². The first-order valence-electron chi connectivity index (χ1n) is 4.98. The van der Waals surface area contributed by atoms with Crippen LogP contribution in [0, 0.1) is 11.3 Å². The summed E-state index contributed by atoms with van der Waals surface area (Å²) in [5, 5.41) is 12.0. The van der Waals surface area contributed by atoms with E-state index in [4.69, 9.17) is 11.0 Å². The number of nitrogen functional groups attached to an aromatic ring is 1. The zero-order valence-electron chi connectivity index (χ0n) is 9.11. The van der Waals surface area contributed by atoms with Crippen LogP contribution in [-0.4, -0.2) is 4.98 Å². The minimum absolute atomic E-state index is 0.342. The fourth-order valence-electron chi connectivity index (χ4n) is 1.39. The topological polar surface area (TPSA) is 74.7 Å². The van der Waals surface area contributed by atoms with Crippen molar-refractivity contribution in [2.45, 2.75) is 0 Å². The second kappa shape index (κ2) is 5.38. The van der Waals surface area contributed by atoms with Crippen LogP contribution in [0.1, 0.15) is 5.56 Å². The number of nitrogens with two attached hydrogens (primary N) is 1. The fraction of sp³-hybridized carbons (Fsp3) is 0. The number of rotatable bonds is 2. The van der Waals surface area contributed by atoms with Crippen LogP contribution in [0.4, 0.5) is 17.2 Å². The Hall–Kier alpha value is -1.58. The summed E-state index contributed by atoms with van der Waals surface area (Å²) in [4.78, 5) is 4.13. The molecule has 0 aliphatic carbocycles. The van der Waals surface area contributed by atoms with Crippen molar-refractivity contribution in [3.8, 4) is 6.07 Å². The first-order chi connectivity index (χ1) is 8.61. The number of hydrogen-bond acceptors (Lipinski definition) is 4. The molecule has 6 heteroatoms. The summed E-state index contributed by atoms with van der Waals surface area (Å²) in [5.74, 6) is 0.470. The lowest BCUT2D eigenvalue weighted by Crippen LogP contribution is -2.01. The molecule has 0 aliphatic rings. The fourth-order valence-corrected chi connectivity index (χ4v) is 2.53. The third-order valence-electron chi connectivity index (χ3n) is 2.29. The molecule has 0 bridgehead atoms. The van der Waals surface area contributed by atoms with E-state index < -0.39 is 0 Å². The summed E-state index contributed by atoms with van der Waals surface area (Å²) in [7, 11) is 0. The highest BCUT2D eigenvalue weighted by atomic mass is 79.9. The number of halogens is 2. The average molecular weight is 368 g/mol. The first-order valence-corrected chi connectivity index (χ1v) is 6.57. The highest BCUT2D eigenvalue weighted by Gasteiger charge is 2.08. The molecule has 0 unspecified atom stereocenters. The Kier molecular flexibility index (Phi) is 3.84. The van der Waals surface area contributed by atoms with Gasteiger partial charge in [0.05, 0.1) is 16.9 Å². The lowest BCUT2D eigenvalue weighted by molar-refractivity contribution is 1.29. The molecule has 4 nitrogen and oxygen atoms in total. The van der Waals surface area contributed by atoms with Gasteiger partial charge >= 0.3 is 0 Å². The maximum Gasteiger partial charge on any atom is 0.154 e. The van der Waals surface area contributed by atoms with Gasteiger partial charge in [-0.15, -0.1) is 0 Å². The molecule has 1 aromatic carbocycles. The van der Waals surface area contributed by atoms with Gasteiger partial charge in [0.2, 0.25) is 0 Å². The summed E-state index contributed by atoms with van der Waals surface area (Å²) < 4.78 is 1.84. The van der Waals surface area contributed by atoms with E-state index in [0.29, 0.717) is 17.1 Å². The second-order valence-corrected chi connectivity index (χ2v) is 5.25. The van der Waals surface area contributed by atoms with Gasteiger partial charge in [0.1, 0.15) is 6.07 Å². The van der Waals surface area contributed by atoms with Crippen molar-refractivity contribution in [3.63, 3.8) is 0 Å². The number of pyridine rings is 1. The van der Waals surface area contributed by atoms with Crippen molar-refractivity contribution < 1.29 is 0 Å². The summed E-state index contributed by atoms with van der Waals surface area (Å²) in [6.45, 7) is 0. The highest BCUT2D eigenvalue weighted by molar-refractivity contribution is 9.11. The van der Waals surface area contributed by atoms with E-state index in [1.54, 1.807) is 12.3 Å². The quantitative estimate of drug-likeness (QED) is 0.846. The number of hydrogen-bond donors (Lipinski definition) is 2. The number of nitrogens with zero attached hydrogens (tertiary/aromatic N) is 2. The van der Waals surface area contributed by atoms with Crippen LogP contribution in [0.5, 0.6) is 0 Å². The number of nitriles is 1. The zero-order valence-corrected chi connectivity index (χ0v) is 12.3. The minimum Gasteiger partial charge on any atom is -0.395 e. The van der Waals surface area contributed by atoms with Gasteiger partial charge in [-0.3, -0.25) is 0 Å². The van der Waals surface area contributed by atoms with Gasteiger partial charge in [-0.2, -0.15) is 5.26 Å². The third-order valence-corrected chi connectivity index (χ3v) is 3.44. The molecule has 2 rings (SSSR count). The molecule has 1 aromatic heterocycles. The number of nitrogens with one attached hydrogen (secondary N) is 1. The monoisotopic (exact) mass is 366 g/mol. The Morgan fingerprint density at radius 1 is 1.28 bits per heavy atom. The van der Waals surface area contributed by atoms with E-state index in [9.17, 15) is 0 Å². The van der Waals surface area contributed by atoms with E-state index in [1.165, 1.54) is 0 Å². The van der Waals surface area contributed by atoms with E-state index in [0.717, 1.165) is 14.6 Å². The molecule has 3 N–H and O–H groups in total. The maximum atomic E-state index is 8.90. The smallest absolute Gasteiger partial charge is 0.154 e. The van der Waals surface area contributed by atoms with E-state index >= 15 is 0 Å². The highest BCUT2D eigenvalue weighted by Crippen LogP contribution is 2.30. The Morgan fingerprint density at radius 2 is 2.06 bits per heavy atom. The largest absolute Gasteiger partial charge is 0.395 e. The van der Waals surface area contributed by atoms with Crippen LogP contribution in [-0.2, 0) is 0 Å². The lowest BCUT2D eigenvalue weighted by Gasteiger charge is -2.10. The van der Waals surface area contributed by atoms with Crippen molar-refractivity contribution >= 4 is 49.1 Å². The molecular formula is C12H8Br2N4. The molecule has 18 heavy (non-hydrogen) atoms. The van der Waals surface area contributed by atoms with Crippen LogP contribution in [0.2, 0.25) is 0 Å². The maximum absolute atomic E-state index is 8.90. The number of anilines is 3. The molecule has 0 fully saturated rings. The molecule has 0 saturated heterocycles. The Bertz CT molecular complexity index is 634. The lowest BCUT2D eigenvalue weighted by atomic mass is 10.2. The Balaban J connectivity index is 2.38. The van der Waals surface area contributed by atoms with E-state index in [2.05, 4.69) is 42.2 Å². The molecule has 0 atom stereocenters. The molecule has 0 spiro atoms. The van der Waals surface area contributed by atoms with Crippen LogP contribution >= 0.6 is 31.9 Å². The summed E-state index contributed by atoms with van der Waals surface area (Å²) in [6, 6.07) is 9.29. The predicted octanol–water partition coefficient (Wildman–Crippen LogP) is 3.80. The third kappa shape index (κ3) is 2.63. The molecule has 0 saturated carbocycles. The van der Waals surface area contributed by atoms with Crippen molar-refractivity contribution in [2.24, 2.45) is 0 Å². The number of aromatic nitrogens is 1. The Morgan fingerprint density at radius 3 is 2.72 bits per heavy atom. The van der Waals surface area contributed by atoms with Crippen LogP contribution < -0.4 is 11.1 Å². The summed E-state index contributed by atoms with van der Waals surface area (Å²) >= 11 is 6.82. The van der Waals surface area contributed by atoms with E-state index in [-0.39, 0.29) is 0 Å². The zero-order chi connectivity index (χ0) is 13.1. The second-order valence-electron chi connectivity index (χ2n) is 3.48. The predicted molar refractivity (Wildman–Crippen MR) is 78.5 cm³/mol. The van der Waals surface area contributed by atoms with E-state index in [1.807, 2.05) is 24.3 Å². The normalized spacial score (nSPS) is 9.83. The standard InChI is InChI=1S/C12H8Br2N4/c13-8-1-2-10(9(14)5-8)18-12-11(16)7(6-15)3-4-17-12/h1-5H,16H2,(H,17,18). The van der Waals surface area contributed by atoms with Gasteiger partial charge in [-0.25, -0.2) is 4.98 Å². The molecule has 0 radical (unpaired) electrons. The van der Waals surface area contributed by atoms with Crippen molar-refractivity contribution in [1.29, 1.82) is 5.26 Å². The summed E-state index contributed by atoms with van der Waals surface area (Å²) in [6.07, 6.45) is 1.55. The van der Waals surface area contributed by atoms with Crippen molar-refractivity contribution in [1.82, 2.24) is 4.98 Å². The first kappa shape index (κ1) is 12.9. The van der Waals surface area contributed by atoms with Crippen LogP contribution in [0.3, 0.4) is 0 Å². The van der Waals surface area contributed by atoms with Gasteiger partial charge in [0, 0.05) is 15.1 Å². The van der Waals surface area contributed by atoms with Gasteiger partial charge in [-0.05, 0) is 40.2 Å². The number of benzene rings is 1. The van der Waals surface area contributed by atoms with Crippen LogP contribution in [0.25, 0.3) is 0 Å². The SMILES string of the molecule is N#Cc1ccnc(Nc2ccc(Br)cc2Br)c1N. The molecular weight excluding hydrogens is 360 g/mol. The van der Waals surface area contributed by atoms with Gasteiger partial charge < -0.3 is 11.1 Å². The van der Waals surface area contributed by atoms with Gasteiger partial charge in [-0.1, -0.05) is 15.9 Å². The molecule has 1 heterocycles. The molecule has 0 amide bonds. The molecule has 90 valence electrons. The molecule has 2 aromatic rings. The van der Waals surface area contributed by atoms with Crippen molar-refractivity contribution in [3.05, 3.63) is 45.0 Å². The summed E-state index contributed by atoms with van der Waals surface area (Å²) in [5.41, 5.74) is 7.42. The average Bonchev–Trinajstić information content (AvgIpc) is 2.35. The van der Waals surface area contributed by atoms with Gasteiger partial charge in [0.25, 0.3) is 0 Å². The molecule has 0 aliphatic heterocycles. The van der Waals surface area contributed by atoms with Crippen molar-refractivity contribution in [2.75, 3.05) is 11.1 Å². The minimum atomic E-state index is 0.342. The van der Waals surface area contributed by atoms with Crippen LogP contribution in [0.15, 0.2) is 39.4 Å². The Labute approximate surface area is 121 Å².